The quantitative estimate of drug-likeness (QED) is 0.275. The van der Waals surface area contributed by atoms with E-state index in [1.165, 1.54) is 0 Å². The van der Waals surface area contributed by atoms with Crippen LogP contribution in [-0.2, 0) is 17.9 Å². The molecule has 0 fully saturated rings. The number of hydrogen-bond donors (Lipinski definition) is 3. The first-order valence-electron chi connectivity index (χ1n) is 9.67. The van der Waals surface area contributed by atoms with Gasteiger partial charge in [-0.2, -0.15) is 0 Å². The van der Waals surface area contributed by atoms with Crippen LogP contribution >= 0.6 is 24.0 Å². The van der Waals surface area contributed by atoms with Crippen molar-refractivity contribution in [1.82, 2.24) is 16.0 Å². The molecule has 0 unspecified atom stereocenters. The molecule has 0 aromatic heterocycles. The molecule has 0 aliphatic heterocycles. The van der Waals surface area contributed by atoms with Crippen molar-refractivity contribution in [2.24, 2.45) is 4.99 Å². The van der Waals surface area contributed by atoms with Crippen LogP contribution < -0.4 is 20.7 Å². The fourth-order valence-electron chi connectivity index (χ4n) is 2.61. The summed E-state index contributed by atoms with van der Waals surface area (Å²) >= 11 is 0. The fourth-order valence-corrected chi connectivity index (χ4v) is 2.61. The molecule has 0 radical (unpaired) electrons. The summed E-state index contributed by atoms with van der Waals surface area (Å²) < 4.78 is 5.71. The van der Waals surface area contributed by atoms with Crippen LogP contribution in [0.25, 0.3) is 0 Å². The molecule has 3 N–H and O–H groups in total. The summed E-state index contributed by atoms with van der Waals surface area (Å²) in [7, 11) is 0. The predicted molar refractivity (Wildman–Crippen MR) is 129 cm³/mol. The molecule has 7 heteroatoms. The van der Waals surface area contributed by atoms with Gasteiger partial charge in [0, 0.05) is 18.7 Å². The number of halogens is 1. The number of carbonyl (C=O) groups is 1. The minimum Gasteiger partial charge on any atom is -0.494 e. The zero-order valence-corrected chi connectivity index (χ0v) is 19.7. The van der Waals surface area contributed by atoms with Crippen molar-refractivity contribution >= 4 is 35.8 Å². The third-order valence-electron chi connectivity index (χ3n) is 4.02. The van der Waals surface area contributed by atoms with Crippen LogP contribution in [-0.4, -0.2) is 31.6 Å². The van der Waals surface area contributed by atoms with Crippen molar-refractivity contribution in [2.45, 2.75) is 33.9 Å². The van der Waals surface area contributed by atoms with Crippen molar-refractivity contribution in [3.05, 3.63) is 65.2 Å². The van der Waals surface area contributed by atoms with Crippen LogP contribution in [0.2, 0.25) is 0 Å². The number of carbonyl (C=O) groups excluding carboxylic acids is 1. The van der Waals surface area contributed by atoms with E-state index in [-0.39, 0.29) is 36.4 Å². The van der Waals surface area contributed by atoms with Crippen LogP contribution in [0.3, 0.4) is 0 Å². The monoisotopic (exact) mass is 510 g/mol. The van der Waals surface area contributed by atoms with Crippen molar-refractivity contribution in [1.29, 1.82) is 0 Å². The third-order valence-corrected chi connectivity index (χ3v) is 4.02. The number of aliphatic imine (C=N–C) groups is 1. The molecule has 0 aliphatic rings. The standard InChI is InChI=1S/C22H30N4O2.HI/c1-4-23-22(25-15-19-12-11-17(3)13-20(19)28-5-2)26-16-21(27)24-14-18-9-7-6-8-10-18;/h6-13H,4-5,14-16H2,1-3H3,(H,24,27)(H2,23,25,26);1H. The lowest BCUT2D eigenvalue weighted by Crippen LogP contribution is -2.43. The van der Waals surface area contributed by atoms with Crippen LogP contribution in [0.5, 0.6) is 5.75 Å². The normalized spacial score (nSPS) is 10.7. The number of aryl methyl sites for hydroxylation is 1. The zero-order chi connectivity index (χ0) is 20.2. The second-order valence-electron chi connectivity index (χ2n) is 6.36. The molecular weight excluding hydrogens is 479 g/mol. The third kappa shape index (κ3) is 9.17. The smallest absolute Gasteiger partial charge is 0.239 e. The number of nitrogens with one attached hydrogen (secondary N) is 3. The van der Waals surface area contributed by atoms with Gasteiger partial charge in [-0.25, -0.2) is 4.99 Å². The van der Waals surface area contributed by atoms with Gasteiger partial charge in [0.15, 0.2) is 5.96 Å². The van der Waals surface area contributed by atoms with E-state index in [1.807, 2.05) is 69.3 Å². The molecule has 0 atom stereocenters. The van der Waals surface area contributed by atoms with Gasteiger partial charge in [-0.05, 0) is 38.0 Å². The van der Waals surface area contributed by atoms with Gasteiger partial charge in [0.2, 0.25) is 5.91 Å². The first-order chi connectivity index (χ1) is 13.6. The topological polar surface area (TPSA) is 74.8 Å². The molecule has 0 aliphatic carbocycles. The molecule has 2 aromatic carbocycles. The van der Waals surface area contributed by atoms with Crippen molar-refractivity contribution in [2.75, 3.05) is 19.7 Å². The molecule has 0 saturated heterocycles. The molecular formula is C22H31IN4O2. The molecule has 0 saturated carbocycles. The first kappa shape index (κ1) is 24.7. The lowest BCUT2D eigenvalue weighted by Gasteiger charge is -2.13. The SMILES string of the molecule is CCNC(=NCc1ccc(C)cc1OCC)NCC(=O)NCc1ccccc1.I. The van der Waals surface area contributed by atoms with Gasteiger partial charge in [0.1, 0.15) is 5.75 Å². The first-order valence-corrected chi connectivity index (χ1v) is 9.67. The van der Waals surface area contributed by atoms with Gasteiger partial charge in [-0.1, -0.05) is 42.5 Å². The fraction of sp³-hybridized carbons (Fsp3) is 0.364. The average molecular weight is 510 g/mol. The summed E-state index contributed by atoms with van der Waals surface area (Å²) in [5.41, 5.74) is 3.23. The molecule has 0 bridgehead atoms. The highest BCUT2D eigenvalue weighted by Gasteiger charge is 2.06. The average Bonchev–Trinajstić information content (AvgIpc) is 2.70. The van der Waals surface area contributed by atoms with Gasteiger partial charge in [-0.15, -0.1) is 24.0 Å². The Labute approximate surface area is 190 Å². The highest BCUT2D eigenvalue weighted by Crippen LogP contribution is 2.21. The lowest BCUT2D eigenvalue weighted by atomic mass is 10.1. The Kier molecular flexibility index (Phi) is 11.8. The van der Waals surface area contributed by atoms with Crippen molar-refractivity contribution < 1.29 is 9.53 Å². The minimum atomic E-state index is -0.0835. The summed E-state index contributed by atoms with van der Waals surface area (Å²) in [6.07, 6.45) is 0. The minimum absolute atomic E-state index is 0. The number of rotatable bonds is 9. The van der Waals surface area contributed by atoms with Gasteiger partial charge in [0.25, 0.3) is 0 Å². The number of benzene rings is 2. The zero-order valence-electron chi connectivity index (χ0n) is 17.3. The van der Waals surface area contributed by atoms with Crippen LogP contribution in [0.15, 0.2) is 53.5 Å². The summed E-state index contributed by atoms with van der Waals surface area (Å²) in [6.45, 7) is 8.45. The number of guanidine groups is 1. The van der Waals surface area contributed by atoms with E-state index in [9.17, 15) is 4.79 Å². The molecule has 0 spiro atoms. The highest BCUT2D eigenvalue weighted by molar-refractivity contribution is 14.0. The molecule has 6 nitrogen and oxygen atoms in total. The Bertz CT molecular complexity index is 782. The van der Waals surface area contributed by atoms with Gasteiger partial charge >= 0.3 is 0 Å². The van der Waals surface area contributed by atoms with Gasteiger partial charge in [0.05, 0.1) is 19.7 Å². The van der Waals surface area contributed by atoms with E-state index in [4.69, 9.17) is 4.74 Å². The summed E-state index contributed by atoms with van der Waals surface area (Å²) in [4.78, 5) is 16.7. The molecule has 29 heavy (non-hydrogen) atoms. The van der Waals surface area contributed by atoms with Crippen LogP contribution in [0, 0.1) is 6.92 Å². The largest absolute Gasteiger partial charge is 0.494 e. The Morgan fingerprint density at radius 1 is 1.03 bits per heavy atom. The molecule has 1 amide bonds. The van der Waals surface area contributed by atoms with Gasteiger partial charge < -0.3 is 20.7 Å². The van der Waals surface area contributed by atoms with E-state index >= 15 is 0 Å². The number of amides is 1. The second-order valence-corrected chi connectivity index (χ2v) is 6.36. The number of hydrogen-bond acceptors (Lipinski definition) is 3. The summed E-state index contributed by atoms with van der Waals surface area (Å²) in [5.74, 6) is 1.36. The summed E-state index contributed by atoms with van der Waals surface area (Å²) in [6, 6.07) is 15.9. The Hall–Kier alpha value is -2.29. The molecule has 158 valence electrons. The lowest BCUT2D eigenvalue weighted by molar-refractivity contribution is -0.120. The predicted octanol–water partition coefficient (Wildman–Crippen LogP) is 3.38. The highest BCUT2D eigenvalue weighted by atomic mass is 127. The Morgan fingerprint density at radius 3 is 2.48 bits per heavy atom. The van der Waals surface area contributed by atoms with E-state index in [0.29, 0.717) is 32.2 Å². The second kappa shape index (κ2) is 13.8. The van der Waals surface area contributed by atoms with E-state index < -0.39 is 0 Å². The maximum atomic E-state index is 12.1. The summed E-state index contributed by atoms with van der Waals surface area (Å²) in [5, 5.41) is 9.14. The van der Waals surface area contributed by atoms with E-state index in [2.05, 4.69) is 20.9 Å². The van der Waals surface area contributed by atoms with E-state index in [1.54, 1.807) is 0 Å². The van der Waals surface area contributed by atoms with Crippen molar-refractivity contribution in [3.63, 3.8) is 0 Å². The Morgan fingerprint density at radius 2 is 1.79 bits per heavy atom. The van der Waals surface area contributed by atoms with Crippen molar-refractivity contribution in [3.8, 4) is 5.75 Å². The molecule has 0 heterocycles. The van der Waals surface area contributed by atoms with Crippen LogP contribution in [0.4, 0.5) is 0 Å². The van der Waals surface area contributed by atoms with Crippen LogP contribution in [0.1, 0.15) is 30.5 Å². The van der Waals surface area contributed by atoms with E-state index in [0.717, 1.165) is 22.4 Å². The number of ether oxygens (including phenoxy) is 1. The number of nitrogens with zero attached hydrogens (tertiary/aromatic N) is 1. The molecule has 2 rings (SSSR count). The maximum Gasteiger partial charge on any atom is 0.239 e. The van der Waals surface area contributed by atoms with Gasteiger partial charge in [-0.3, -0.25) is 4.79 Å². The Balaban J connectivity index is 0.00000420. The molecule has 2 aromatic rings. The maximum absolute atomic E-state index is 12.1.